The molecule has 0 radical (unpaired) electrons. The van der Waals surface area contributed by atoms with Crippen LogP contribution in [0.3, 0.4) is 0 Å². The fourth-order valence-electron chi connectivity index (χ4n) is 3.73. The molecule has 0 aliphatic carbocycles. The second-order valence-electron chi connectivity index (χ2n) is 8.15. The highest BCUT2D eigenvalue weighted by Gasteiger charge is 2.18. The highest BCUT2D eigenvalue weighted by Crippen LogP contribution is 2.35. The van der Waals surface area contributed by atoms with Gasteiger partial charge in [-0.05, 0) is 37.3 Å². The molecule has 34 heavy (non-hydrogen) atoms. The summed E-state index contributed by atoms with van der Waals surface area (Å²) in [7, 11) is 1.60. The minimum absolute atomic E-state index is 0.138. The van der Waals surface area contributed by atoms with Crippen LogP contribution in [0.1, 0.15) is 32.3 Å². The summed E-state index contributed by atoms with van der Waals surface area (Å²) >= 11 is 0. The van der Waals surface area contributed by atoms with Gasteiger partial charge in [0.2, 0.25) is 5.91 Å². The summed E-state index contributed by atoms with van der Waals surface area (Å²) in [5.74, 6) is 0.285. The molecule has 0 unspecified atom stereocenters. The van der Waals surface area contributed by atoms with E-state index in [1.54, 1.807) is 7.11 Å². The van der Waals surface area contributed by atoms with Gasteiger partial charge in [0.25, 0.3) is 5.91 Å². The Hall–Kier alpha value is -4.12. The number of carbonyl (C=O) groups is 2. The molecule has 8 nitrogen and oxygen atoms in total. The number of allylic oxidation sites excluding steroid dienone is 1. The van der Waals surface area contributed by atoms with Gasteiger partial charge in [-0.2, -0.15) is 5.26 Å². The molecule has 1 atom stereocenters. The van der Waals surface area contributed by atoms with Gasteiger partial charge in [-0.15, -0.1) is 0 Å². The third kappa shape index (κ3) is 6.01. The second-order valence-corrected chi connectivity index (χ2v) is 8.15. The average Bonchev–Trinajstić information content (AvgIpc) is 2.84. The van der Waals surface area contributed by atoms with Crippen molar-refractivity contribution >= 4 is 39.7 Å². The van der Waals surface area contributed by atoms with Gasteiger partial charge in [-0.1, -0.05) is 30.9 Å². The number of amides is 2. The van der Waals surface area contributed by atoms with E-state index in [1.165, 1.54) is 6.92 Å². The Morgan fingerprint density at radius 3 is 2.76 bits per heavy atom. The van der Waals surface area contributed by atoms with Crippen molar-refractivity contribution in [2.75, 3.05) is 25.5 Å². The van der Waals surface area contributed by atoms with Crippen molar-refractivity contribution in [1.82, 2.24) is 10.6 Å². The van der Waals surface area contributed by atoms with Crippen LogP contribution >= 0.6 is 0 Å². The fraction of sp³-hybridized carbons (Fsp3) is 0.308. The summed E-state index contributed by atoms with van der Waals surface area (Å²) in [6.07, 6.45) is 3.27. The number of carbonyl (C=O) groups excluding carboxylic acids is 2. The van der Waals surface area contributed by atoms with Gasteiger partial charge < -0.3 is 20.7 Å². The molecule has 2 amide bonds. The lowest BCUT2D eigenvalue weighted by atomic mass is 10.00. The molecule has 1 aliphatic rings. The maximum atomic E-state index is 12.6. The first kappa shape index (κ1) is 24.5. The number of nitriles is 1. The number of methoxy groups -OCH3 is 1. The maximum Gasteiger partial charge on any atom is 0.265 e. The zero-order chi connectivity index (χ0) is 24.7. The van der Waals surface area contributed by atoms with E-state index in [0.717, 1.165) is 27.7 Å². The van der Waals surface area contributed by atoms with Crippen molar-refractivity contribution in [3.63, 3.8) is 0 Å². The number of nitrogens with zero attached hydrogens (tertiary/aromatic N) is 2. The first-order valence-electron chi connectivity index (χ1n) is 11.1. The lowest BCUT2D eigenvalue weighted by Gasteiger charge is -2.17. The monoisotopic (exact) mass is 459 g/mol. The van der Waals surface area contributed by atoms with E-state index in [9.17, 15) is 9.59 Å². The van der Waals surface area contributed by atoms with Crippen molar-refractivity contribution < 1.29 is 14.3 Å². The number of rotatable bonds is 9. The average molecular weight is 460 g/mol. The van der Waals surface area contributed by atoms with Gasteiger partial charge in [-0.3, -0.25) is 9.59 Å². The van der Waals surface area contributed by atoms with Crippen LogP contribution in [0.4, 0.5) is 5.69 Å². The number of anilines is 1. The minimum Gasteiger partial charge on any atom is -0.495 e. The predicted octanol–water partition coefficient (Wildman–Crippen LogP) is 3.56. The molecular formula is C26H29N5O3. The van der Waals surface area contributed by atoms with Crippen molar-refractivity contribution in [2.45, 2.75) is 32.7 Å². The van der Waals surface area contributed by atoms with Crippen LogP contribution < -0.4 is 20.7 Å². The normalized spacial score (nSPS) is 13.7. The quantitative estimate of drug-likeness (QED) is 0.496. The third-order valence-electron chi connectivity index (χ3n) is 5.39. The Kier molecular flexibility index (Phi) is 8.04. The Bertz CT molecular complexity index is 1220. The molecule has 0 saturated heterocycles. The number of aliphatic imine (C=N–C) groups is 1. The van der Waals surface area contributed by atoms with Crippen molar-refractivity contribution in [3.8, 4) is 11.8 Å². The van der Waals surface area contributed by atoms with E-state index < -0.39 is 0 Å². The van der Waals surface area contributed by atoms with E-state index in [4.69, 9.17) is 10.00 Å². The van der Waals surface area contributed by atoms with Gasteiger partial charge >= 0.3 is 0 Å². The van der Waals surface area contributed by atoms with Gasteiger partial charge in [-0.25, -0.2) is 4.99 Å². The van der Waals surface area contributed by atoms with Crippen LogP contribution in [0.2, 0.25) is 0 Å². The predicted molar refractivity (Wildman–Crippen MR) is 135 cm³/mol. The molecule has 1 aliphatic heterocycles. The van der Waals surface area contributed by atoms with Crippen LogP contribution in [0, 0.1) is 11.3 Å². The molecule has 0 saturated carbocycles. The van der Waals surface area contributed by atoms with Crippen molar-refractivity contribution in [1.29, 1.82) is 5.26 Å². The Labute approximate surface area is 199 Å². The number of fused-ring (bicyclic) bond motifs is 1. The highest BCUT2D eigenvalue weighted by molar-refractivity contribution is 6.40. The topological polar surface area (TPSA) is 116 Å². The molecule has 3 N–H and O–H groups in total. The molecule has 2 aromatic rings. The van der Waals surface area contributed by atoms with Crippen LogP contribution in [-0.4, -0.2) is 43.8 Å². The van der Waals surface area contributed by atoms with Crippen LogP contribution in [0.25, 0.3) is 16.5 Å². The Balaban J connectivity index is 1.86. The summed E-state index contributed by atoms with van der Waals surface area (Å²) < 4.78 is 5.53. The first-order valence-corrected chi connectivity index (χ1v) is 11.1. The lowest BCUT2D eigenvalue weighted by molar-refractivity contribution is -0.120. The molecule has 176 valence electrons. The third-order valence-corrected chi connectivity index (χ3v) is 5.39. The van der Waals surface area contributed by atoms with Crippen molar-refractivity contribution in [3.05, 3.63) is 54.1 Å². The molecule has 0 aromatic heterocycles. The van der Waals surface area contributed by atoms with Crippen LogP contribution in [0.5, 0.6) is 5.75 Å². The molecule has 0 spiro atoms. The van der Waals surface area contributed by atoms with E-state index in [2.05, 4.69) is 27.5 Å². The summed E-state index contributed by atoms with van der Waals surface area (Å²) in [5.41, 5.74) is 3.24. The molecule has 0 fully saturated rings. The maximum absolute atomic E-state index is 12.6. The van der Waals surface area contributed by atoms with Gasteiger partial charge in [0.15, 0.2) is 0 Å². The lowest BCUT2D eigenvalue weighted by Crippen LogP contribution is -2.43. The molecular weight excluding hydrogens is 430 g/mol. The standard InChI is InChI=1S/C26H29N5O3/c1-16(13-27)14-28-25-21-12-20(9-8-19(21)10-11-24(25)34-4)22-6-5-7-23(31-22)26(33)29-15-17(2)30-18(3)32/h6,8-12,17,28H,1,5,7,14-15H2,2-4H3,(H,29,33)(H,30,32)/t17-/m1/s1. The number of ether oxygens (including phenoxy) is 1. The van der Waals surface area contributed by atoms with E-state index >= 15 is 0 Å². The summed E-state index contributed by atoms with van der Waals surface area (Å²) in [6.45, 7) is 7.64. The van der Waals surface area contributed by atoms with Gasteiger partial charge in [0.1, 0.15) is 11.5 Å². The van der Waals surface area contributed by atoms with Gasteiger partial charge in [0.05, 0.1) is 24.6 Å². The molecule has 3 rings (SSSR count). The van der Waals surface area contributed by atoms with Crippen molar-refractivity contribution in [2.24, 2.45) is 4.99 Å². The van der Waals surface area contributed by atoms with E-state index in [1.807, 2.05) is 49.4 Å². The highest BCUT2D eigenvalue weighted by atomic mass is 16.5. The zero-order valence-corrected chi connectivity index (χ0v) is 19.7. The Morgan fingerprint density at radius 1 is 1.29 bits per heavy atom. The first-order chi connectivity index (χ1) is 16.3. The minimum atomic E-state index is -0.234. The number of hydrogen-bond acceptors (Lipinski definition) is 6. The smallest absolute Gasteiger partial charge is 0.265 e. The SMILES string of the molecule is C=C(C#N)CNc1c(OC)ccc2ccc(C3=CCCC(C(=O)NC[C@@H](C)NC(C)=O)=N3)cc12. The van der Waals surface area contributed by atoms with Gasteiger partial charge in [0, 0.05) is 42.6 Å². The summed E-state index contributed by atoms with van der Waals surface area (Å²) in [6, 6.07) is 11.7. The second kappa shape index (κ2) is 11.1. The fourth-order valence-corrected chi connectivity index (χ4v) is 3.73. The summed E-state index contributed by atoms with van der Waals surface area (Å²) in [4.78, 5) is 28.4. The largest absolute Gasteiger partial charge is 0.495 e. The molecule has 0 bridgehead atoms. The summed E-state index contributed by atoms with van der Waals surface area (Å²) in [5, 5.41) is 19.8. The zero-order valence-electron chi connectivity index (χ0n) is 19.7. The molecule has 8 heteroatoms. The number of hydrogen-bond donors (Lipinski definition) is 3. The van der Waals surface area contributed by atoms with E-state index in [0.29, 0.717) is 43.0 Å². The molecule has 2 aromatic carbocycles. The molecule has 1 heterocycles. The Morgan fingerprint density at radius 2 is 2.06 bits per heavy atom. The van der Waals surface area contributed by atoms with Crippen LogP contribution in [-0.2, 0) is 9.59 Å². The number of nitrogens with one attached hydrogen (secondary N) is 3. The van der Waals surface area contributed by atoms with E-state index in [-0.39, 0.29) is 17.9 Å². The van der Waals surface area contributed by atoms with Crippen LogP contribution in [0.15, 0.2) is 53.6 Å². The number of benzene rings is 2.